The number of carbonyl (C=O) groups is 1. The first-order valence-electron chi connectivity index (χ1n) is 7.18. The monoisotopic (exact) mass is 345 g/mol. The summed E-state index contributed by atoms with van der Waals surface area (Å²) < 4.78 is 28.3. The fraction of sp³-hybridized carbons (Fsp3) is 0.533. The third-order valence-corrected chi connectivity index (χ3v) is 6.01. The number of likely N-dealkylation sites (N-methyl/N-ethyl adjacent to an activating group) is 1. The van der Waals surface area contributed by atoms with E-state index in [1.165, 1.54) is 0 Å². The number of carbonyl (C=O) groups excluding carboxylic acids is 1. The summed E-state index contributed by atoms with van der Waals surface area (Å²) in [5, 5.41) is 0.475. The third-order valence-electron chi connectivity index (χ3n) is 3.91. The second kappa shape index (κ2) is 6.87. The number of rotatable bonds is 5. The molecule has 2 rings (SSSR count). The molecule has 1 saturated heterocycles. The van der Waals surface area contributed by atoms with E-state index in [2.05, 4.69) is 0 Å². The van der Waals surface area contributed by atoms with Crippen molar-refractivity contribution >= 4 is 27.3 Å². The van der Waals surface area contributed by atoms with Crippen LogP contribution >= 0.6 is 11.6 Å². The molecule has 1 fully saturated rings. The molecule has 1 aromatic carbocycles. The average molecular weight is 346 g/mol. The largest absolute Gasteiger partial charge is 0.497 e. The topological polar surface area (TPSA) is 63.7 Å². The summed E-state index contributed by atoms with van der Waals surface area (Å²) in [6.07, 6.45) is 0.672. The highest BCUT2D eigenvalue weighted by Gasteiger charge is 2.33. The number of benzene rings is 1. The molecule has 1 unspecified atom stereocenters. The number of hydrogen-bond donors (Lipinski definition) is 0. The molecular weight excluding hydrogens is 326 g/mol. The van der Waals surface area contributed by atoms with E-state index in [0.29, 0.717) is 29.3 Å². The van der Waals surface area contributed by atoms with E-state index in [9.17, 15) is 13.2 Å². The van der Waals surface area contributed by atoms with E-state index in [1.54, 1.807) is 30.2 Å². The van der Waals surface area contributed by atoms with Crippen LogP contribution in [0.4, 0.5) is 0 Å². The van der Waals surface area contributed by atoms with Crippen molar-refractivity contribution in [2.45, 2.75) is 25.8 Å². The maximum absolute atomic E-state index is 12.5. The molecule has 1 aliphatic rings. The number of nitrogens with zero attached hydrogens (tertiary/aromatic N) is 1. The zero-order valence-electron chi connectivity index (χ0n) is 12.7. The first-order valence-corrected chi connectivity index (χ1v) is 9.38. The molecule has 0 N–H and O–H groups in total. The van der Waals surface area contributed by atoms with Gasteiger partial charge in [-0.05, 0) is 31.0 Å². The van der Waals surface area contributed by atoms with Crippen LogP contribution in [-0.2, 0) is 21.1 Å². The van der Waals surface area contributed by atoms with Gasteiger partial charge in [0.15, 0.2) is 9.84 Å². The number of hydrogen-bond acceptors (Lipinski definition) is 4. The van der Waals surface area contributed by atoms with Crippen molar-refractivity contribution in [1.82, 2.24) is 4.90 Å². The predicted octanol–water partition coefficient (Wildman–Crippen LogP) is 1.93. The summed E-state index contributed by atoms with van der Waals surface area (Å²) in [6, 6.07) is 4.96. The van der Waals surface area contributed by atoms with E-state index < -0.39 is 9.84 Å². The highest BCUT2D eigenvalue weighted by atomic mass is 35.5. The van der Waals surface area contributed by atoms with Gasteiger partial charge in [0.25, 0.3) is 0 Å². The summed E-state index contributed by atoms with van der Waals surface area (Å²) in [4.78, 5) is 14.1. The van der Waals surface area contributed by atoms with Crippen LogP contribution in [0.2, 0.25) is 5.02 Å². The molecular formula is C15H20ClNO4S. The van der Waals surface area contributed by atoms with Crippen LogP contribution in [0.15, 0.2) is 18.2 Å². The fourth-order valence-corrected chi connectivity index (χ4v) is 4.69. The molecule has 7 heteroatoms. The second-order valence-corrected chi connectivity index (χ2v) is 8.01. The molecule has 1 amide bonds. The molecule has 1 aromatic rings. The molecule has 5 nitrogen and oxygen atoms in total. The van der Waals surface area contributed by atoms with E-state index >= 15 is 0 Å². The fourth-order valence-electron chi connectivity index (χ4n) is 2.72. The van der Waals surface area contributed by atoms with Crippen LogP contribution in [0.25, 0.3) is 0 Å². The molecule has 0 aliphatic carbocycles. The molecule has 0 saturated carbocycles. The summed E-state index contributed by atoms with van der Waals surface area (Å²) in [5.41, 5.74) is 0.715. The van der Waals surface area contributed by atoms with Crippen molar-refractivity contribution in [2.24, 2.45) is 0 Å². The Morgan fingerprint density at radius 2 is 2.18 bits per heavy atom. The zero-order valence-corrected chi connectivity index (χ0v) is 14.3. The normalized spacial score (nSPS) is 19.9. The van der Waals surface area contributed by atoms with Gasteiger partial charge in [0.2, 0.25) is 5.91 Å². The number of sulfone groups is 1. The lowest BCUT2D eigenvalue weighted by Gasteiger charge is -2.27. The summed E-state index contributed by atoms with van der Waals surface area (Å²) in [7, 11) is -1.46. The van der Waals surface area contributed by atoms with Gasteiger partial charge in [-0.3, -0.25) is 4.79 Å². The maximum Gasteiger partial charge on any atom is 0.227 e. The minimum absolute atomic E-state index is 0.0585. The predicted molar refractivity (Wildman–Crippen MR) is 86.2 cm³/mol. The molecule has 1 heterocycles. The van der Waals surface area contributed by atoms with Crippen LogP contribution in [0.1, 0.15) is 18.9 Å². The van der Waals surface area contributed by atoms with Crippen LogP contribution in [0.3, 0.4) is 0 Å². The summed E-state index contributed by atoms with van der Waals surface area (Å²) in [5.74, 6) is 0.750. The van der Waals surface area contributed by atoms with Gasteiger partial charge in [-0.15, -0.1) is 0 Å². The Balaban J connectivity index is 2.10. The number of ether oxygens (including phenoxy) is 1. The van der Waals surface area contributed by atoms with Crippen LogP contribution in [0.5, 0.6) is 5.75 Å². The van der Waals surface area contributed by atoms with E-state index in [1.807, 2.05) is 6.92 Å². The van der Waals surface area contributed by atoms with Gasteiger partial charge in [0.05, 0.1) is 25.0 Å². The second-order valence-electron chi connectivity index (χ2n) is 5.37. The van der Waals surface area contributed by atoms with Crippen molar-refractivity contribution in [3.63, 3.8) is 0 Å². The standard InChI is InChI=1S/C15H20ClNO4S/c1-3-17(12-6-7-22(19,20)10-12)15(18)8-11-4-5-13(21-2)9-14(11)16/h4-5,9,12H,3,6-8,10H2,1-2H3. The van der Waals surface area contributed by atoms with E-state index in [-0.39, 0.29) is 29.9 Å². The van der Waals surface area contributed by atoms with Gasteiger partial charge in [0.1, 0.15) is 5.75 Å². The molecule has 122 valence electrons. The Bertz CT molecular complexity index is 660. The quantitative estimate of drug-likeness (QED) is 0.818. The Kier molecular flexibility index (Phi) is 5.34. The number of amides is 1. The zero-order chi connectivity index (χ0) is 16.3. The van der Waals surface area contributed by atoms with Gasteiger partial charge in [-0.1, -0.05) is 17.7 Å². The number of halogens is 1. The average Bonchev–Trinajstić information content (AvgIpc) is 2.82. The minimum atomic E-state index is -3.01. The highest BCUT2D eigenvalue weighted by molar-refractivity contribution is 7.91. The van der Waals surface area contributed by atoms with Crippen LogP contribution in [0, 0.1) is 0 Å². The Hall–Kier alpha value is -1.27. The van der Waals surface area contributed by atoms with Crippen LogP contribution in [-0.4, -0.2) is 50.4 Å². The minimum Gasteiger partial charge on any atom is -0.497 e. The third kappa shape index (κ3) is 3.93. The molecule has 0 bridgehead atoms. The summed E-state index contributed by atoms with van der Waals surface area (Å²) >= 11 is 6.16. The van der Waals surface area contributed by atoms with Gasteiger partial charge in [0, 0.05) is 17.6 Å². The van der Waals surface area contributed by atoms with Gasteiger partial charge in [-0.2, -0.15) is 0 Å². The molecule has 1 aliphatic heterocycles. The Morgan fingerprint density at radius 1 is 1.45 bits per heavy atom. The lowest BCUT2D eigenvalue weighted by molar-refractivity contribution is -0.132. The van der Waals surface area contributed by atoms with E-state index in [4.69, 9.17) is 16.3 Å². The maximum atomic E-state index is 12.5. The van der Waals surface area contributed by atoms with Crippen molar-refractivity contribution in [3.05, 3.63) is 28.8 Å². The Labute approximate surface area is 136 Å². The lowest BCUT2D eigenvalue weighted by atomic mass is 10.1. The van der Waals surface area contributed by atoms with Crippen molar-refractivity contribution in [1.29, 1.82) is 0 Å². The van der Waals surface area contributed by atoms with Gasteiger partial charge >= 0.3 is 0 Å². The first-order chi connectivity index (χ1) is 10.4. The highest BCUT2D eigenvalue weighted by Crippen LogP contribution is 2.24. The van der Waals surface area contributed by atoms with E-state index in [0.717, 1.165) is 0 Å². The van der Waals surface area contributed by atoms with Crippen molar-refractivity contribution in [3.8, 4) is 5.75 Å². The Morgan fingerprint density at radius 3 is 2.68 bits per heavy atom. The lowest BCUT2D eigenvalue weighted by Crippen LogP contribution is -2.41. The molecule has 1 atom stereocenters. The van der Waals surface area contributed by atoms with Gasteiger partial charge in [-0.25, -0.2) is 8.42 Å². The van der Waals surface area contributed by atoms with Crippen molar-refractivity contribution in [2.75, 3.05) is 25.2 Å². The van der Waals surface area contributed by atoms with Crippen LogP contribution < -0.4 is 4.74 Å². The molecule has 0 spiro atoms. The summed E-state index contributed by atoms with van der Waals surface area (Å²) in [6.45, 7) is 2.35. The first kappa shape index (κ1) is 17.1. The van der Waals surface area contributed by atoms with Crippen molar-refractivity contribution < 1.29 is 17.9 Å². The van der Waals surface area contributed by atoms with Gasteiger partial charge < -0.3 is 9.64 Å². The molecule has 0 radical (unpaired) electrons. The number of methoxy groups -OCH3 is 1. The smallest absolute Gasteiger partial charge is 0.227 e. The SMILES string of the molecule is CCN(C(=O)Cc1ccc(OC)cc1Cl)C1CCS(=O)(=O)C1. The molecule has 22 heavy (non-hydrogen) atoms. The molecule has 0 aromatic heterocycles.